The van der Waals surface area contributed by atoms with Crippen LogP contribution in [0.3, 0.4) is 0 Å². The monoisotopic (exact) mass is 535 g/mol. The molecule has 1 saturated heterocycles. The Morgan fingerprint density at radius 2 is 1.75 bits per heavy atom. The maximum Gasteiger partial charge on any atom is 2.00 e. The van der Waals surface area contributed by atoms with Gasteiger partial charge in [0.05, 0.1) is 27.0 Å². The molecule has 22 heteroatoms. The van der Waals surface area contributed by atoms with E-state index >= 15 is 0 Å². The molecule has 1 fully saturated rings. The van der Waals surface area contributed by atoms with Crippen molar-refractivity contribution < 1.29 is 57.1 Å². The number of hydrogen-bond donors (Lipinski definition) is 3. The number of fused-ring (bicyclic) bond motifs is 1. The van der Waals surface area contributed by atoms with E-state index in [9.17, 15) is 43.5 Å². The summed E-state index contributed by atoms with van der Waals surface area (Å²) in [6.45, 7) is -0.990. The van der Waals surface area contributed by atoms with E-state index in [1.165, 1.54) is 23.4 Å². The normalized spacial score (nSPS) is 27.2. The summed E-state index contributed by atoms with van der Waals surface area (Å²) in [5.74, 6) is 0. The first-order valence-corrected chi connectivity index (χ1v) is 12.3. The Labute approximate surface area is 211 Å². The summed E-state index contributed by atoms with van der Waals surface area (Å²) in [5.41, 5.74) is 0.582. The van der Waals surface area contributed by atoms with Crippen molar-refractivity contribution in [1.82, 2.24) is 24.4 Å². The second-order valence-corrected chi connectivity index (χ2v) is 10.4. The number of aliphatic hydroxyl groups excluding tert-OH is 2. The van der Waals surface area contributed by atoms with Crippen LogP contribution in [0.4, 0.5) is 0 Å². The molecule has 0 amide bonds. The zero-order valence-electron chi connectivity index (χ0n) is 15.8. The fraction of sp³-hybridized carbons (Fsp3) is 0.500. The van der Waals surface area contributed by atoms with E-state index < -0.39 is 54.5 Å². The minimum atomic E-state index is -6.06. The minimum absolute atomic E-state index is 0. The molecular weight excluding hydrogens is 524 g/mol. The third-order valence-corrected chi connectivity index (χ3v) is 7.82. The van der Waals surface area contributed by atoms with Gasteiger partial charge in [-0.1, -0.05) is 0 Å². The topological polar surface area (TPSA) is 267 Å². The first kappa shape index (κ1) is 30.4. The number of hydrogen-bond acceptors (Lipinski definition) is 15. The van der Waals surface area contributed by atoms with Crippen molar-refractivity contribution in [3.63, 3.8) is 0 Å². The summed E-state index contributed by atoms with van der Waals surface area (Å²) in [4.78, 5) is 56.0. The molecule has 0 saturated carbocycles. The second kappa shape index (κ2) is 11.4. The van der Waals surface area contributed by atoms with Crippen molar-refractivity contribution in [3.8, 4) is 0 Å². The molecule has 2 aromatic rings. The third kappa shape index (κ3) is 7.69. The summed E-state index contributed by atoms with van der Waals surface area (Å²) < 4.78 is 47.3. The van der Waals surface area contributed by atoms with Crippen LogP contribution in [0.1, 0.15) is 6.23 Å². The molecule has 1 aliphatic heterocycles. The summed E-state index contributed by atoms with van der Waals surface area (Å²) >= 11 is 0. The number of phosphoric acid groups is 1. The van der Waals surface area contributed by atoms with Crippen LogP contribution in [0.5, 0.6) is 0 Å². The van der Waals surface area contributed by atoms with Gasteiger partial charge in [-0.05, 0) is 0 Å². The van der Waals surface area contributed by atoms with Gasteiger partial charge in [0.15, 0.2) is 11.9 Å². The van der Waals surface area contributed by atoms with Crippen LogP contribution in [-0.4, -0.2) is 101 Å². The van der Waals surface area contributed by atoms with Crippen LogP contribution in [0, 0.1) is 0 Å². The number of ether oxygens (including phenoxy) is 1. The van der Waals surface area contributed by atoms with Gasteiger partial charge >= 0.3 is 46.1 Å². The molecule has 2 aromatic heterocycles. The molecule has 0 aliphatic carbocycles. The van der Waals surface area contributed by atoms with Crippen LogP contribution in [0.2, 0.25) is 0 Å². The van der Waals surface area contributed by atoms with Crippen molar-refractivity contribution in [2.24, 2.45) is 0 Å². The van der Waals surface area contributed by atoms with E-state index in [1.807, 2.05) is 0 Å². The molecule has 0 aromatic carbocycles. The molecule has 6 atom stereocenters. The van der Waals surface area contributed by atoms with Crippen LogP contribution in [-0.2, 0) is 27.3 Å². The van der Waals surface area contributed by atoms with Gasteiger partial charge in [0.2, 0.25) is 15.5 Å². The van der Waals surface area contributed by atoms with Crippen molar-refractivity contribution in [2.45, 2.75) is 24.5 Å². The summed E-state index contributed by atoms with van der Waals surface area (Å²) in [7, 11) is -17.5. The predicted molar refractivity (Wildman–Crippen MR) is 95.7 cm³/mol. The molecule has 3 heterocycles. The fourth-order valence-corrected chi connectivity index (χ4v) is 5.87. The van der Waals surface area contributed by atoms with Gasteiger partial charge in [-0.2, -0.15) is 4.86 Å². The summed E-state index contributed by atoms with van der Waals surface area (Å²) in [6, 6.07) is 0. The maximum atomic E-state index is 11.7. The Morgan fingerprint density at radius 1 is 1.09 bits per heavy atom. The van der Waals surface area contributed by atoms with Crippen molar-refractivity contribution in [3.05, 3.63) is 18.9 Å². The van der Waals surface area contributed by atoms with Crippen molar-refractivity contribution in [1.29, 1.82) is 0 Å². The van der Waals surface area contributed by atoms with Gasteiger partial charge in [0.1, 0.15) is 30.2 Å². The number of nitrogens with one attached hydrogen (secondary N) is 1. The molecule has 0 bridgehead atoms. The quantitative estimate of drug-likeness (QED) is 0.211. The average molecular weight is 536 g/mol. The van der Waals surface area contributed by atoms with E-state index in [2.05, 4.69) is 23.8 Å². The van der Waals surface area contributed by atoms with Crippen molar-refractivity contribution in [2.75, 3.05) is 6.61 Å². The van der Waals surface area contributed by atoms with Gasteiger partial charge in [0.25, 0.3) is 0 Å². The average Bonchev–Trinajstić information content (AvgIpc) is 3.12. The van der Waals surface area contributed by atoms with E-state index in [4.69, 9.17) is 4.74 Å². The third-order valence-electron chi connectivity index (χ3n) is 3.71. The summed E-state index contributed by atoms with van der Waals surface area (Å²) in [6.07, 6.45) is -2.16. The predicted octanol–water partition coefficient (Wildman–Crippen LogP) is -4.93. The Balaban J connectivity index is 0.00000256. The Kier molecular flexibility index (Phi) is 10.8. The molecular formula is C10H12Mg2N5O12P3. The molecule has 3 rings (SSSR count). The number of imidazole rings is 1. The number of aromatic nitrogens is 4. The van der Waals surface area contributed by atoms with Gasteiger partial charge in [-0.25, -0.2) is 15.0 Å². The smallest absolute Gasteiger partial charge is 0.790 e. The van der Waals surface area contributed by atoms with Crippen LogP contribution >= 0.6 is 23.3 Å². The second-order valence-electron chi connectivity index (χ2n) is 5.85. The largest absolute Gasteiger partial charge is 2.00 e. The Hall–Kier alpha value is 0.372. The van der Waals surface area contributed by atoms with E-state index in [1.54, 1.807) is 0 Å². The number of aliphatic hydroxyl groups is 2. The van der Waals surface area contributed by atoms with E-state index in [-0.39, 0.29) is 51.8 Å². The van der Waals surface area contributed by atoms with Crippen LogP contribution in [0.15, 0.2) is 18.9 Å². The number of nitrogens with zero attached hydrogens (tertiary/aromatic N) is 4. The van der Waals surface area contributed by atoms with Gasteiger partial charge in [-0.3, -0.25) is 18.0 Å². The molecule has 0 spiro atoms. The first-order valence-electron chi connectivity index (χ1n) is 7.72. The standard InChI is InChI=1S/C10H16N5O12P3.2Mg/c16-7-6(2-25-28(18,19)14-29(20,21)27-30(22,23)24)26-10(8(7)17)15-4-13-5-1-11-3-12-9(5)15;;/h1,3-4,6-8,10,16-17H,2H2,(H2,22,23,24)(H3,14,18,19,20,21);;/q;2*+2/p-4/t6-,7-,8-,10-;;/m1../s1. The molecule has 1 aliphatic rings. The Bertz CT molecular complexity index is 1070. The zero-order chi connectivity index (χ0) is 22.3. The van der Waals surface area contributed by atoms with E-state index in [0.717, 1.165) is 4.86 Å². The maximum absolute atomic E-state index is 11.7. The number of rotatable bonds is 8. The minimum Gasteiger partial charge on any atom is -0.790 e. The summed E-state index contributed by atoms with van der Waals surface area (Å²) in [5, 5.41) is 20.3. The van der Waals surface area contributed by atoms with Gasteiger partial charge < -0.3 is 43.6 Å². The molecule has 17 nitrogen and oxygen atoms in total. The van der Waals surface area contributed by atoms with E-state index in [0.29, 0.717) is 5.52 Å². The fourth-order valence-electron chi connectivity index (χ4n) is 2.57. The van der Waals surface area contributed by atoms with Crippen LogP contribution in [0.25, 0.3) is 11.2 Å². The van der Waals surface area contributed by atoms with Gasteiger partial charge in [-0.15, -0.1) is 0 Å². The molecule has 0 radical (unpaired) electrons. The molecule has 32 heavy (non-hydrogen) atoms. The molecule has 168 valence electrons. The zero-order valence-corrected chi connectivity index (χ0v) is 21.3. The molecule has 2 unspecified atom stereocenters. The molecule has 3 N–H and O–H groups in total. The Morgan fingerprint density at radius 3 is 2.38 bits per heavy atom. The SMILES string of the molecule is O=P([O-])([O-])OP(=O)([O-])NP(=O)([O-])OC[C@H]1O[C@@H](n2cnc3cncnc32)[C@H](O)[C@@H]1O.[Mg+2].[Mg+2]. The van der Waals surface area contributed by atoms with Crippen molar-refractivity contribution >= 4 is 80.6 Å². The van der Waals surface area contributed by atoms with Crippen LogP contribution < -0.4 is 24.4 Å². The van der Waals surface area contributed by atoms with Gasteiger partial charge in [0, 0.05) is 0 Å². The first-order chi connectivity index (χ1) is 13.8.